The topological polar surface area (TPSA) is 58.6 Å². The summed E-state index contributed by atoms with van der Waals surface area (Å²) in [5.41, 5.74) is -1.84. The first kappa shape index (κ1) is 26.9. The SMILES string of the molecule is CN[C@H]1c2ccccc2C[C@H]1OC(=O)C[C@@](O)(CC(C)(C)c1ccc(Cl)cc1SC)C(F)(F)F. The molecule has 0 aromatic heterocycles. The van der Waals surface area contributed by atoms with Crippen molar-refractivity contribution >= 4 is 29.3 Å². The summed E-state index contributed by atoms with van der Waals surface area (Å²) in [7, 11) is 1.71. The first-order valence-electron chi connectivity index (χ1n) is 10.9. The van der Waals surface area contributed by atoms with Crippen LogP contribution in [0, 0.1) is 0 Å². The molecular weight excluding hydrogens is 487 g/mol. The maximum absolute atomic E-state index is 14.1. The standard InChI is InChI=1S/C25H29ClF3NO3S/c1-23(2,18-10-9-16(26)12-20(18)34-4)14-24(32,25(27,28)29)13-21(31)33-19-11-15-7-5-6-8-17(15)22(19)30-3/h5-10,12,19,22,30,32H,11,13-14H2,1-4H3/t19-,22+,24-/m1/s1. The first-order valence-corrected chi connectivity index (χ1v) is 12.5. The van der Waals surface area contributed by atoms with E-state index in [0.29, 0.717) is 21.9 Å². The lowest BCUT2D eigenvalue weighted by Gasteiger charge is -2.38. The van der Waals surface area contributed by atoms with Crippen LogP contribution in [0.25, 0.3) is 0 Å². The highest BCUT2D eigenvalue weighted by atomic mass is 35.5. The average Bonchev–Trinajstić information content (AvgIpc) is 3.08. The van der Waals surface area contributed by atoms with Crippen LogP contribution in [0.3, 0.4) is 0 Å². The van der Waals surface area contributed by atoms with E-state index < -0.39 is 42.1 Å². The van der Waals surface area contributed by atoms with Gasteiger partial charge in [0.05, 0.1) is 12.5 Å². The molecule has 34 heavy (non-hydrogen) atoms. The lowest BCUT2D eigenvalue weighted by atomic mass is 9.74. The summed E-state index contributed by atoms with van der Waals surface area (Å²) in [5.74, 6) is -1.09. The maximum atomic E-state index is 14.1. The summed E-state index contributed by atoms with van der Waals surface area (Å²) in [4.78, 5) is 13.4. The molecule has 0 saturated heterocycles. The number of halogens is 4. The van der Waals surface area contributed by atoms with Gasteiger partial charge in [-0.25, -0.2) is 0 Å². The third-order valence-electron chi connectivity index (χ3n) is 6.37. The smallest absolute Gasteiger partial charge is 0.417 e. The van der Waals surface area contributed by atoms with E-state index in [0.717, 1.165) is 11.1 Å². The molecule has 186 valence electrons. The minimum Gasteiger partial charge on any atom is -0.460 e. The van der Waals surface area contributed by atoms with E-state index in [1.165, 1.54) is 11.8 Å². The van der Waals surface area contributed by atoms with E-state index in [2.05, 4.69) is 5.32 Å². The van der Waals surface area contributed by atoms with Gasteiger partial charge in [0, 0.05) is 16.3 Å². The number of alkyl halides is 3. The molecule has 2 aromatic carbocycles. The quantitative estimate of drug-likeness (QED) is 0.341. The predicted octanol–water partition coefficient (Wildman–Crippen LogP) is 5.84. The molecule has 1 aliphatic rings. The van der Waals surface area contributed by atoms with Gasteiger partial charge in [0.25, 0.3) is 0 Å². The normalized spacial score (nSPS) is 20.0. The molecule has 0 fully saturated rings. The molecule has 3 atom stereocenters. The molecule has 9 heteroatoms. The second-order valence-electron chi connectivity index (χ2n) is 9.31. The molecule has 0 unspecified atom stereocenters. The number of thioether (sulfide) groups is 1. The van der Waals surface area contributed by atoms with Crippen molar-refractivity contribution in [2.75, 3.05) is 13.3 Å². The van der Waals surface area contributed by atoms with E-state index in [9.17, 15) is 23.1 Å². The van der Waals surface area contributed by atoms with Crippen LogP contribution in [0.1, 0.15) is 49.4 Å². The van der Waals surface area contributed by atoms with Gasteiger partial charge in [-0.1, -0.05) is 55.8 Å². The number of hydrogen-bond acceptors (Lipinski definition) is 5. The predicted molar refractivity (Wildman–Crippen MR) is 128 cm³/mol. The molecule has 0 radical (unpaired) electrons. The lowest BCUT2D eigenvalue weighted by molar-refractivity contribution is -0.270. The van der Waals surface area contributed by atoms with Gasteiger partial charge in [-0.3, -0.25) is 4.79 Å². The van der Waals surface area contributed by atoms with E-state index in [-0.39, 0.29) is 6.04 Å². The highest BCUT2D eigenvalue weighted by molar-refractivity contribution is 7.98. The fourth-order valence-electron chi connectivity index (χ4n) is 4.77. The largest absolute Gasteiger partial charge is 0.460 e. The van der Waals surface area contributed by atoms with Gasteiger partial charge in [0.1, 0.15) is 6.10 Å². The third kappa shape index (κ3) is 5.56. The van der Waals surface area contributed by atoms with Crippen molar-refractivity contribution in [1.82, 2.24) is 5.32 Å². The van der Waals surface area contributed by atoms with Crippen molar-refractivity contribution in [3.8, 4) is 0 Å². The summed E-state index contributed by atoms with van der Waals surface area (Å²) in [5, 5.41) is 14.4. The number of fused-ring (bicyclic) bond motifs is 1. The zero-order valence-corrected chi connectivity index (χ0v) is 21.1. The summed E-state index contributed by atoms with van der Waals surface area (Å²) in [6.07, 6.45) is -5.39. The van der Waals surface area contributed by atoms with Gasteiger partial charge in [0.2, 0.25) is 0 Å². The van der Waals surface area contributed by atoms with Crippen LogP contribution < -0.4 is 5.32 Å². The fraction of sp³-hybridized carbons (Fsp3) is 0.480. The molecule has 0 heterocycles. The van der Waals surface area contributed by atoms with Crippen molar-refractivity contribution in [3.05, 3.63) is 64.2 Å². The fourth-order valence-corrected chi connectivity index (χ4v) is 5.82. The molecule has 2 N–H and O–H groups in total. The molecule has 1 aliphatic carbocycles. The number of nitrogens with one attached hydrogen (secondary N) is 1. The molecule has 0 spiro atoms. The highest BCUT2D eigenvalue weighted by Crippen LogP contribution is 2.45. The third-order valence-corrected chi connectivity index (χ3v) is 7.38. The van der Waals surface area contributed by atoms with Gasteiger partial charge in [0.15, 0.2) is 5.60 Å². The number of hydrogen-bond donors (Lipinski definition) is 2. The van der Waals surface area contributed by atoms with E-state index in [1.54, 1.807) is 45.4 Å². The Labute approximate surface area is 207 Å². The van der Waals surface area contributed by atoms with Crippen molar-refractivity contribution in [1.29, 1.82) is 0 Å². The Morgan fingerprint density at radius 3 is 2.53 bits per heavy atom. The van der Waals surface area contributed by atoms with Gasteiger partial charge in [-0.2, -0.15) is 13.2 Å². The van der Waals surface area contributed by atoms with Crippen LogP contribution in [0.15, 0.2) is 47.4 Å². The molecule has 0 amide bonds. The summed E-state index contributed by atoms with van der Waals surface area (Å²) >= 11 is 7.41. The minimum absolute atomic E-state index is 0.325. The lowest BCUT2D eigenvalue weighted by Crippen LogP contribution is -2.51. The second kappa shape index (κ2) is 10.1. The number of carbonyl (C=O) groups is 1. The number of rotatable bonds is 8. The molecule has 0 aliphatic heterocycles. The van der Waals surface area contributed by atoms with Crippen molar-refractivity contribution in [3.63, 3.8) is 0 Å². The Hall–Kier alpha value is -1.74. The van der Waals surface area contributed by atoms with E-state index >= 15 is 0 Å². The van der Waals surface area contributed by atoms with Crippen molar-refractivity contribution in [2.45, 2.75) is 67.3 Å². The molecule has 3 rings (SSSR count). The van der Waals surface area contributed by atoms with Gasteiger partial charge in [-0.15, -0.1) is 11.8 Å². The number of benzene rings is 2. The van der Waals surface area contributed by atoms with Crippen LogP contribution in [0.2, 0.25) is 5.02 Å². The van der Waals surface area contributed by atoms with Crippen molar-refractivity contribution < 1.29 is 27.8 Å². The van der Waals surface area contributed by atoms with Gasteiger partial charge >= 0.3 is 12.1 Å². The number of carbonyl (C=O) groups excluding carboxylic acids is 1. The number of ether oxygens (including phenoxy) is 1. The van der Waals surface area contributed by atoms with Crippen LogP contribution >= 0.6 is 23.4 Å². The Balaban J connectivity index is 1.81. The monoisotopic (exact) mass is 515 g/mol. The first-order chi connectivity index (χ1) is 15.8. The summed E-state index contributed by atoms with van der Waals surface area (Å²) in [6.45, 7) is 3.23. The molecule has 0 saturated carbocycles. The Kier molecular flexibility index (Phi) is 7.97. The number of esters is 1. The zero-order chi connectivity index (χ0) is 25.3. The average molecular weight is 516 g/mol. The highest BCUT2D eigenvalue weighted by Gasteiger charge is 2.57. The van der Waals surface area contributed by atoms with Crippen molar-refractivity contribution in [2.24, 2.45) is 0 Å². The molecular formula is C25H29ClF3NO3S. The minimum atomic E-state index is -5.03. The van der Waals surface area contributed by atoms with E-state index in [4.69, 9.17) is 16.3 Å². The number of likely N-dealkylation sites (N-methyl/N-ethyl adjacent to an activating group) is 1. The van der Waals surface area contributed by atoms with E-state index in [1.807, 2.05) is 24.3 Å². The Morgan fingerprint density at radius 1 is 1.24 bits per heavy atom. The van der Waals surface area contributed by atoms with Gasteiger partial charge in [-0.05, 0) is 54.0 Å². The molecule has 2 aromatic rings. The van der Waals surface area contributed by atoms with Crippen LogP contribution in [0.5, 0.6) is 0 Å². The molecule has 0 bridgehead atoms. The summed E-state index contributed by atoms with van der Waals surface area (Å²) in [6, 6.07) is 12.1. The van der Waals surface area contributed by atoms with Crippen LogP contribution in [0.4, 0.5) is 13.2 Å². The Bertz CT molecular complexity index is 1050. The van der Waals surface area contributed by atoms with Crippen LogP contribution in [-0.4, -0.2) is 42.3 Å². The zero-order valence-electron chi connectivity index (χ0n) is 19.5. The number of aliphatic hydroxyl groups is 1. The van der Waals surface area contributed by atoms with Crippen LogP contribution in [-0.2, 0) is 21.4 Å². The summed E-state index contributed by atoms with van der Waals surface area (Å²) < 4.78 is 47.9. The molecule has 4 nitrogen and oxygen atoms in total. The Morgan fingerprint density at radius 2 is 1.91 bits per heavy atom. The van der Waals surface area contributed by atoms with Gasteiger partial charge < -0.3 is 15.2 Å². The second-order valence-corrected chi connectivity index (χ2v) is 10.6. The maximum Gasteiger partial charge on any atom is 0.417 e.